The van der Waals surface area contributed by atoms with Gasteiger partial charge in [-0.2, -0.15) is 9.50 Å². The number of rotatable bonds is 3. The minimum Gasteiger partial charge on any atom is -0.497 e. The average Bonchev–Trinajstić information content (AvgIpc) is 3.21. The number of ether oxygens (including phenoxy) is 1. The lowest BCUT2D eigenvalue weighted by atomic mass is 9.87. The Labute approximate surface area is 166 Å². The quantitative estimate of drug-likeness (QED) is 0.535. The van der Waals surface area contributed by atoms with E-state index >= 15 is 0 Å². The lowest BCUT2D eigenvalue weighted by Crippen LogP contribution is -2.23. The van der Waals surface area contributed by atoms with E-state index in [1.807, 2.05) is 42.5 Å². The Bertz CT molecular complexity index is 1250. The fourth-order valence-electron chi connectivity index (χ4n) is 2.96. The fraction of sp³-hybridized carbons (Fsp3) is 0.227. The van der Waals surface area contributed by atoms with E-state index in [1.165, 1.54) is 21.4 Å². The zero-order chi connectivity index (χ0) is 19.9. The molecule has 0 spiro atoms. The highest BCUT2D eigenvalue weighted by molar-refractivity contribution is 7.15. The fourth-order valence-corrected chi connectivity index (χ4v) is 3.87. The molecule has 0 bridgehead atoms. The van der Waals surface area contributed by atoms with Crippen molar-refractivity contribution in [2.75, 3.05) is 7.11 Å². The topological polar surface area (TPSA) is 56.5 Å². The summed E-state index contributed by atoms with van der Waals surface area (Å²) < 4.78 is 7.21. The molecule has 0 unspecified atom stereocenters. The van der Waals surface area contributed by atoms with Gasteiger partial charge in [0, 0.05) is 5.56 Å². The van der Waals surface area contributed by atoms with Crippen LogP contribution in [-0.2, 0) is 5.41 Å². The van der Waals surface area contributed by atoms with Crippen molar-refractivity contribution in [3.05, 3.63) is 74.5 Å². The van der Waals surface area contributed by atoms with E-state index in [0.29, 0.717) is 15.3 Å². The first-order valence-electron chi connectivity index (χ1n) is 9.01. The van der Waals surface area contributed by atoms with Crippen molar-refractivity contribution in [1.29, 1.82) is 0 Å². The van der Waals surface area contributed by atoms with E-state index in [0.717, 1.165) is 16.9 Å². The Morgan fingerprint density at radius 1 is 1.11 bits per heavy atom. The number of hydrogen-bond acceptors (Lipinski definition) is 5. The van der Waals surface area contributed by atoms with Gasteiger partial charge in [0.1, 0.15) is 5.75 Å². The van der Waals surface area contributed by atoms with Crippen molar-refractivity contribution in [3.8, 4) is 17.1 Å². The Morgan fingerprint density at radius 3 is 2.50 bits per heavy atom. The lowest BCUT2D eigenvalue weighted by molar-refractivity contribution is 0.414. The van der Waals surface area contributed by atoms with Crippen LogP contribution in [0.2, 0.25) is 0 Å². The van der Waals surface area contributed by atoms with Gasteiger partial charge in [0.2, 0.25) is 4.96 Å². The highest BCUT2D eigenvalue weighted by Gasteiger charge is 2.15. The van der Waals surface area contributed by atoms with Gasteiger partial charge < -0.3 is 4.74 Å². The van der Waals surface area contributed by atoms with Gasteiger partial charge in [-0.05, 0) is 34.8 Å². The van der Waals surface area contributed by atoms with Crippen molar-refractivity contribution in [1.82, 2.24) is 14.6 Å². The normalized spacial score (nSPS) is 12.6. The first-order chi connectivity index (χ1) is 13.3. The predicted molar refractivity (Wildman–Crippen MR) is 113 cm³/mol. The largest absolute Gasteiger partial charge is 0.497 e. The first-order valence-corrected chi connectivity index (χ1v) is 9.83. The molecule has 0 N–H and O–H groups in total. The number of hydrogen-bond donors (Lipinski definition) is 0. The number of thiazole rings is 1. The van der Waals surface area contributed by atoms with Crippen LogP contribution < -0.4 is 14.8 Å². The summed E-state index contributed by atoms with van der Waals surface area (Å²) >= 11 is 1.34. The second-order valence-corrected chi connectivity index (χ2v) is 8.66. The lowest BCUT2D eigenvalue weighted by Gasteiger charge is -2.18. The number of benzene rings is 2. The highest BCUT2D eigenvalue weighted by atomic mass is 32.1. The van der Waals surface area contributed by atoms with Crippen LogP contribution in [0.4, 0.5) is 0 Å². The highest BCUT2D eigenvalue weighted by Crippen LogP contribution is 2.25. The standard InChI is InChI=1S/C22H21N3O2S/c1-22(2,3)16-10-8-15(9-11-16)19-23-21-25(24-19)20(26)18(28-21)13-14-6-5-7-17(12-14)27-4/h5-13H,1-4H3. The number of nitrogens with zero attached hydrogens (tertiary/aromatic N) is 3. The van der Waals surface area contributed by atoms with Crippen molar-refractivity contribution < 1.29 is 4.74 Å². The SMILES string of the molecule is COc1cccc(C=c2sc3nc(-c4ccc(C(C)(C)C)cc4)nn3c2=O)c1. The number of fused-ring (bicyclic) bond motifs is 1. The van der Waals surface area contributed by atoms with Gasteiger partial charge in [-0.15, -0.1) is 5.10 Å². The molecule has 2 aromatic carbocycles. The zero-order valence-corrected chi connectivity index (χ0v) is 17.1. The van der Waals surface area contributed by atoms with E-state index in [2.05, 4.69) is 43.0 Å². The smallest absolute Gasteiger partial charge is 0.291 e. The van der Waals surface area contributed by atoms with E-state index in [4.69, 9.17) is 4.74 Å². The van der Waals surface area contributed by atoms with Crippen LogP contribution >= 0.6 is 11.3 Å². The zero-order valence-electron chi connectivity index (χ0n) is 16.3. The molecular formula is C22H21N3O2S. The first kappa shape index (κ1) is 18.4. The molecule has 0 atom stereocenters. The van der Waals surface area contributed by atoms with Crippen molar-refractivity contribution in [2.45, 2.75) is 26.2 Å². The van der Waals surface area contributed by atoms with Gasteiger partial charge in [0.25, 0.3) is 5.56 Å². The molecule has 0 aliphatic rings. The van der Waals surface area contributed by atoms with Crippen LogP contribution in [0.1, 0.15) is 31.9 Å². The molecule has 4 rings (SSSR count). The number of aromatic nitrogens is 3. The maximum Gasteiger partial charge on any atom is 0.291 e. The van der Waals surface area contributed by atoms with Crippen molar-refractivity contribution in [3.63, 3.8) is 0 Å². The molecule has 0 saturated heterocycles. The summed E-state index contributed by atoms with van der Waals surface area (Å²) in [6, 6.07) is 15.8. The van der Waals surface area contributed by atoms with Crippen molar-refractivity contribution >= 4 is 22.4 Å². The van der Waals surface area contributed by atoms with Crippen molar-refractivity contribution in [2.24, 2.45) is 0 Å². The van der Waals surface area contributed by atoms with E-state index in [-0.39, 0.29) is 11.0 Å². The molecule has 2 aromatic heterocycles. The molecule has 0 aliphatic heterocycles. The minimum absolute atomic E-state index is 0.0908. The Kier molecular flexibility index (Phi) is 4.51. The minimum atomic E-state index is -0.159. The van der Waals surface area contributed by atoms with Crippen LogP contribution in [0.3, 0.4) is 0 Å². The summed E-state index contributed by atoms with van der Waals surface area (Å²) in [4.78, 5) is 17.9. The molecule has 5 nitrogen and oxygen atoms in total. The molecule has 28 heavy (non-hydrogen) atoms. The van der Waals surface area contributed by atoms with Gasteiger partial charge in [0.05, 0.1) is 11.6 Å². The molecule has 0 amide bonds. The summed E-state index contributed by atoms with van der Waals surface area (Å²) in [7, 11) is 1.62. The van der Waals surface area contributed by atoms with E-state index in [9.17, 15) is 4.79 Å². The van der Waals surface area contributed by atoms with E-state index in [1.54, 1.807) is 7.11 Å². The summed E-state index contributed by atoms with van der Waals surface area (Å²) in [5.41, 5.74) is 2.98. The molecule has 2 heterocycles. The Morgan fingerprint density at radius 2 is 1.86 bits per heavy atom. The maximum absolute atomic E-state index is 12.7. The summed E-state index contributed by atoms with van der Waals surface area (Å²) in [6.07, 6.45) is 1.84. The van der Waals surface area contributed by atoms with Gasteiger partial charge in [0.15, 0.2) is 5.82 Å². The molecule has 0 radical (unpaired) electrons. The Balaban J connectivity index is 1.72. The summed E-state index contributed by atoms with van der Waals surface area (Å²) in [6.45, 7) is 6.53. The summed E-state index contributed by atoms with van der Waals surface area (Å²) in [5, 5.41) is 4.43. The van der Waals surface area contributed by atoms with Crippen LogP contribution in [0.5, 0.6) is 5.75 Å². The van der Waals surface area contributed by atoms with Gasteiger partial charge in [-0.1, -0.05) is 68.5 Å². The van der Waals surface area contributed by atoms with Gasteiger partial charge in [-0.3, -0.25) is 4.79 Å². The monoisotopic (exact) mass is 391 g/mol. The Hall–Kier alpha value is -2.99. The molecule has 0 saturated carbocycles. The summed E-state index contributed by atoms with van der Waals surface area (Å²) in [5.74, 6) is 1.32. The van der Waals surface area contributed by atoms with Crippen LogP contribution in [0, 0.1) is 0 Å². The number of methoxy groups -OCH3 is 1. The van der Waals surface area contributed by atoms with E-state index < -0.39 is 0 Å². The predicted octanol–water partition coefficient (Wildman–Crippen LogP) is 3.67. The molecular weight excluding hydrogens is 370 g/mol. The van der Waals surface area contributed by atoms with Crippen LogP contribution in [0.25, 0.3) is 22.4 Å². The molecule has 142 valence electrons. The molecule has 6 heteroatoms. The third-order valence-electron chi connectivity index (χ3n) is 4.58. The molecule has 0 fully saturated rings. The molecule has 4 aromatic rings. The van der Waals surface area contributed by atoms with Crippen LogP contribution in [-0.4, -0.2) is 21.7 Å². The van der Waals surface area contributed by atoms with Crippen LogP contribution in [0.15, 0.2) is 53.3 Å². The second-order valence-electron chi connectivity index (χ2n) is 7.65. The second kappa shape index (κ2) is 6.87. The van der Waals surface area contributed by atoms with Gasteiger partial charge >= 0.3 is 0 Å². The van der Waals surface area contributed by atoms with Gasteiger partial charge in [-0.25, -0.2) is 0 Å². The third kappa shape index (κ3) is 3.43. The maximum atomic E-state index is 12.7. The third-order valence-corrected chi connectivity index (χ3v) is 5.54. The average molecular weight is 391 g/mol. The molecule has 0 aliphatic carbocycles.